The maximum absolute atomic E-state index is 11.0. The molecular weight excluding hydrogens is 246 g/mol. The van der Waals surface area contributed by atoms with Crippen molar-refractivity contribution in [1.82, 2.24) is 4.98 Å². The fourth-order valence-corrected chi connectivity index (χ4v) is 2.42. The van der Waals surface area contributed by atoms with E-state index in [1.54, 1.807) is 14.0 Å². The molecule has 19 heavy (non-hydrogen) atoms. The fraction of sp³-hybridized carbons (Fsp3) is 0.571. The molecule has 1 aromatic rings. The lowest BCUT2D eigenvalue weighted by Gasteiger charge is -2.28. The zero-order chi connectivity index (χ0) is 13.8. The number of ether oxygens (including phenoxy) is 2. The van der Waals surface area contributed by atoms with E-state index in [1.165, 1.54) is 12.1 Å². The van der Waals surface area contributed by atoms with Gasteiger partial charge in [0.15, 0.2) is 0 Å². The van der Waals surface area contributed by atoms with Crippen LogP contribution in [0.1, 0.15) is 41.7 Å². The highest BCUT2D eigenvalue weighted by molar-refractivity contribution is 5.87. The molecule has 0 saturated heterocycles. The first-order chi connectivity index (χ1) is 9.08. The Bertz CT molecular complexity index is 461. The molecule has 5 nitrogen and oxygen atoms in total. The van der Waals surface area contributed by atoms with E-state index in [0.29, 0.717) is 11.6 Å². The van der Waals surface area contributed by atoms with Crippen molar-refractivity contribution in [2.45, 2.75) is 44.8 Å². The second-order valence-corrected chi connectivity index (χ2v) is 4.90. The van der Waals surface area contributed by atoms with Gasteiger partial charge in [-0.25, -0.2) is 9.78 Å². The number of hydrogen-bond donors (Lipinski definition) is 1. The molecule has 2 unspecified atom stereocenters. The minimum Gasteiger partial charge on any atom is -0.478 e. The van der Waals surface area contributed by atoms with Gasteiger partial charge in [-0.2, -0.15) is 0 Å². The summed E-state index contributed by atoms with van der Waals surface area (Å²) in [4.78, 5) is 15.2. The topological polar surface area (TPSA) is 68.7 Å². The third-order valence-corrected chi connectivity index (χ3v) is 3.38. The summed E-state index contributed by atoms with van der Waals surface area (Å²) < 4.78 is 11.2. The summed E-state index contributed by atoms with van der Waals surface area (Å²) in [6, 6.07) is 3.01. The standard InChI is InChI=1S/C14H19NO4/c1-9-6-10(14(16)17)7-13(15-9)19-12-5-3-4-11(8-12)18-2/h6-7,11-12H,3-5,8H2,1-2H3,(H,16,17). The van der Waals surface area contributed by atoms with Crippen LogP contribution in [0.3, 0.4) is 0 Å². The maximum atomic E-state index is 11.0. The average molecular weight is 265 g/mol. The minimum absolute atomic E-state index is 0.0506. The number of hydrogen-bond acceptors (Lipinski definition) is 4. The Morgan fingerprint density at radius 1 is 1.37 bits per heavy atom. The van der Waals surface area contributed by atoms with Crippen molar-refractivity contribution < 1.29 is 19.4 Å². The van der Waals surface area contributed by atoms with Gasteiger partial charge in [0.2, 0.25) is 5.88 Å². The van der Waals surface area contributed by atoms with Gasteiger partial charge in [0.1, 0.15) is 6.10 Å². The highest BCUT2D eigenvalue weighted by Crippen LogP contribution is 2.25. The van der Waals surface area contributed by atoms with Crippen molar-refractivity contribution in [2.75, 3.05) is 7.11 Å². The first kappa shape index (κ1) is 13.8. The summed E-state index contributed by atoms with van der Waals surface area (Å²) in [5, 5.41) is 9.02. The van der Waals surface area contributed by atoms with E-state index >= 15 is 0 Å². The number of methoxy groups -OCH3 is 1. The van der Waals surface area contributed by atoms with Crippen LogP contribution in [0.15, 0.2) is 12.1 Å². The van der Waals surface area contributed by atoms with Crippen LogP contribution in [-0.2, 0) is 4.74 Å². The molecule has 0 aliphatic heterocycles. The van der Waals surface area contributed by atoms with E-state index in [4.69, 9.17) is 14.6 Å². The van der Waals surface area contributed by atoms with Gasteiger partial charge in [-0.3, -0.25) is 0 Å². The number of carboxylic acid groups (broad SMARTS) is 1. The lowest BCUT2D eigenvalue weighted by atomic mass is 9.95. The molecule has 1 saturated carbocycles. The molecule has 1 N–H and O–H groups in total. The molecule has 1 heterocycles. The number of aromatic carboxylic acids is 1. The molecule has 5 heteroatoms. The normalized spacial score (nSPS) is 23.1. The average Bonchev–Trinajstić information content (AvgIpc) is 2.38. The fourth-order valence-electron chi connectivity index (χ4n) is 2.42. The summed E-state index contributed by atoms with van der Waals surface area (Å²) in [6.07, 6.45) is 4.17. The highest BCUT2D eigenvalue weighted by Gasteiger charge is 2.23. The van der Waals surface area contributed by atoms with Crippen molar-refractivity contribution >= 4 is 5.97 Å². The largest absolute Gasteiger partial charge is 0.478 e. The molecule has 1 fully saturated rings. The van der Waals surface area contributed by atoms with Crippen molar-refractivity contribution in [3.05, 3.63) is 23.4 Å². The molecule has 104 valence electrons. The van der Waals surface area contributed by atoms with Gasteiger partial charge in [-0.15, -0.1) is 0 Å². The van der Waals surface area contributed by atoms with Crippen LogP contribution in [0.4, 0.5) is 0 Å². The van der Waals surface area contributed by atoms with Crippen molar-refractivity contribution in [3.63, 3.8) is 0 Å². The predicted molar refractivity (Wildman–Crippen MR) is 69.6 cm³/mol. The van der Waals surface area contributed by atoms with Crippen LogP contribution in [-0.4, -0.2) is 35.4 Å². The van der Waals surface area contributed by atoms with E-state index in [0.717, 1.165) is 25.7 Å². The molecule has 1 aromatic heterocycles. The van der Waals surface area contributed by atoms with Gasteiger partial charge < -0.3 is 14.6 Å². The van der Waals surface area contributed by atoms with Crippen molar-refractivity contribution in [2.24, 2.45) is 0 Å². The summed E-state index contributed by atoms with van der Waals surface area (Å²) >= 11 is 0. The SMILES string of the molecule is COC1CCCC(Oc2cc(C(=O)O)cc(C)n2)C1. The second-order valence-electron chi connectivity index (χ2n) is 4.90. The number of nitrogens with zero attached hydrogens (tertiary/aromatic N) is 1. The van der Waals surface area contributed by atoms with Gasteiger partial charge in [-0.1, -0.05) is 0 Å². The summed E-state index contributed by atoms with van der Waals surface area (Å²) in [5.41, 5.74) is 0.857. The Hall–Kier alpha value is -1.62. The van der Waals surface area contributed by atoms with Gasteiger partial charge >= 0.3 is 5.97 Å². The Kier molecular flexibility index (Phi) is 4.37. The number of pyridine rings is 1. The third-order valence-electron chi connectivity index (χ3n) is 3.38. The second kappa shape index (κ2) is 6.02. The number of rotatable bonds is 4. The van der Waals surface area contributed by atoms with E-state index in [2.05, 4.69) is 4.98 Å². The minimum atomic E-state index is -0.964. The molecule has 2 atom stereocenters. The Morgan fingerprint density at radius 3 is 2.79 bits per heavy atom. The maximum Gasteiger partial charge on any atom is 0.335 e. The van der Waals surface area contributed by atoms with Gasteiger partial charge in [0.25, 0.3) is 0 Å². The van der Waals surface area contributed by atoms with E-state index < -0.39 is 5.97 Å². The smallest absolute Gasteiger partial charge is 0.335 e. The number of carboxylic acids is 1. The number of aryl methyl sites for hydroxylation is 1. The monoisotopic (exact) mass is 265 g/mol. The first-order valence-corrected chi connectivity index (χ1v) is 6.50. The third kappa shape index (κ3) is 3.67. The van der Waals surface area contributed by atoms with Crippen molar-refractivity contribution in [1.29, 1.82) is 0 Å². The molecule has 1 aliphatic carbocycles. The van der Waals surface area contributed by atoms with E-state index in [1.807, 2.05) is 0 Å². The van der Waals surface area contributed by atoms with E-state index in [-0.39, 0.29) is 17.8 Å². The molecule has 0 spiro atoms. The van der Waals surface area contributed by atoms with Crippen LogP contribution in [0.2, 0.25) is 0 Å². The molecule has 0 amide bonds. The highest BCUT2D eigenvalue weighted by atomic mass is 16.5. The molecule has 0 bridgehead atoms. The zero-order valence-electron chi connectivity index (χ0n) is 11.3. The number of carbonyl (C=O) groups is 1. The Balaban J connectivity index is 2.08. The van der Waals surface area contributed by atoms with Crippen LogP contribution in [0.25, 0.3) is 0 Å². The summed E-state index contributed by atoms with van der Waals surface area (Å²) in [5.74, 6) is -0.576. The molecule has 2 rings (SSSR count). The Labute approximate surface area is 112 Å². The summed E-state index contributed by atoms with van der Waals surface area (Å²) in [6.45, 7) is 1.76. The molecule has 1 aliphatic rings. The molecule has 0 radical (unpaired) electrons. The Morgan fingerprint density at radius 2 is 2.11 bits per heavy atom. The first-order valence-electron chi connectivity index (χ1n) is 6.50. The lowest BCUT2D eigenvalue weighted by Crippen LogP contribution is -2.29. The van der Waals surface area contributed by atoms with E-state index in [9.17, 15) is 4.79 Å². The van der Waals surface area contributed by atoms with Crippen molar-refractivity contribution in [3.8, 4) is 5.88 Å². The summed E-state index contributed by atoms with van der Waals surface area (Å²) in [7, 11) is 1.71. The predicted octanol–water partition coefficient (Wildman–Crippen LogP) is 2.42. The number of aromatic nitrogens is 1. The van der Waals surface area contributed by atoms with Gasteiger partial charge in [0.05, 0.1) is 11.7 Å². The quantitative estimate of drug-likeness (QED) is 0.905. The zero-order valence-corrected chi connectivity index (χ0v) is 11.3. The van der Waals surface area contributed by atoms with Crippen LogP contribution >= 0.6 is 0 Å². The van der Waals surface area contributed by atoms with Crippen LogP contribution in [0, 0.1) is 6.92 Å². The molecular formula is C14H19NO4. The van der Waals surface area contributed by atoms with Gasteiger partial charge in [0, 0.05) is 25.3 Å². The van der Waals surface area contributed by atoms with Crippen LogP contribution < -0.4 is 4.74 Å². The van der Waals surface area contributed by atoms with Crippen LogP contribution in [0.5, 0.6) is 5.88 Å². The molecule has 0 aromatic carbocycles. The van der Waals surface area contributed by atoms with Gasteiger partial charge in [-0.05, 0) is 32.3 Å². The lowest BCUT2D eigenvalue weighted by molar-refractivity contribution is 0.0194.